The molecule has 1 aromatic carbocycles. The van der Waals surface area contributed by atoms with Gasteiger partial charge in [0.2, 0.25) is 0 Å². The molecule has 2 unspecified atom stereocenters. The molecule has 2 aliphatic rings. The Kier molecular flexibility index (Phi) is 6.33. The maximum Gasteiger partial charge on any atom is 0.161 e. The maximum atomic E-state index is 6.38. The van der Waals surface area contributed by atoms with Crippen molar-refractivity contribution in [2.24, 2.45) is 5.92 Å². The topological polar surface area (TPSA) is 31.4 Å². The molecule has 0 aliphatic heterocycles. The molecule has 0 spiro atoms. The molecule has 1 saturated carbocycles. The summed E-state index contributed by atoms with van der Waals surface area (Å²) in [4.78, 5) is 4.18. The zero-order valence-electron chi connectivity index (χ0n) is 17.5. The number of methoxy groups -OCH3 is 1. The van der Waals surface area contributed by atoms with Gasteiger partial charge in [-0.25, -0.2) is 0 Å². The smallest absolute Gasteiger partial charge is 0.161 e. The Hall–Kier alpha value is -2.55. The minimum Gasteiger partial charge on any atom is -0.493 e. The highest BCUT2D eigenvalue weighted by Gasteiger charge is 2.25. The van der Waals surface area contributed by atoms with Crippen LogP contribution >= 0.6 is 0 Å². The fraction of sp³-hybridized carbons (Fsp3) is 0.423. The van der Waals surface area contributed by atoms with Crippen molar-refractivity contribution in [3.8, 4) is 11.5 Å². The lowest BCUT2D eigenvalue weighted by Gasteiger charge is -2.28. The molecular formula is C26H31NO2. The zero-order chi connectivity index (χ0) is 20.1. The van der Waals surface area contributed by atoms with Crippen molar-refractivity contribution < 1.29 is 9.47 Å². The molecule has 4 rings (SSSR count). The Labute approximate surface area is 174 Å². The van der Waals surface area contributed by atoms with Gasteiger partial charge in [0.15, 0.2) is 11.5 Å². The molecule has 1 aromatic heterocycles. The number of nitrogens with zero attached hydrogens (tertiary/aromatic N) is 1. The van der Waals surface area contributed by atoms with Crippen LogP contribution in [0.2, 0.25) is 0 Å². The van der Waals surface area contributed by atoms with Crippen molar-refractivity contribution in [2.45, 2.75) is 57.5 Å². The van der Waals surface area contributed by atoms with Crippen LogP contribution in [0.3, 0.4) is 0 Å². The normalized spacial score (nSPS) is 20.3. The van der Waals surface area contributed by atoms with Gasteiger partial charge in [-0.2, -0.15) is 0 Å². The summed E-state index contributed by atoms with van der Waals surface area (Å²) in [5.41, 5.74) is 3.98. The average Bonchev–Trinajstić information content (AvgIpc) is 3.26. The molecular weight excluding hydrogens is 358 g/mol. The van der Waals surface area contributed by atoms with Gasteiger partial charge in [0.25, 0.3) is 0 Å². The van der Waals surface area contributed by atoms with Crippen molar-refractivity contribution in [1.82, 2.24) is 4.98 Å². The van der Waals surface area contributed by atoms with Gasteiger partial charge >= 0.3 is 0 Å². The largest absolute Gasteiger partial charge is 0.493 e. The van der Waals surface area contributed by atoms with Crippen LogP contribution in [0, 0.1) is 5.92 Å². The quantitative estimate of drug-likeness (QED) is 0.560. The summed E-state index contributed by atoms with van der Waals surface area (Å²) in [6.07, 6.45) is 17.9. The second-order valence-electron chi connectivity index (χ2n) is 8.31. The number of aromatic nitrogens is 1. The van der Waals surface area contributed by atoms with E-state index in [2.05, 4.69) is 60.5 Å². The summed E-state index contributed by atoms with van der Waals surface area (Å²) in [7, 11) is 1.73. The van der Waals surface area contributed by atoms with Gasteiger partial charge in [0, 0.05) is 12.4 Å². The van der Waals surface area contributed by atoms with Crippen molar-refractivity contribution in [2.75, 3.05) is 7.11 Å². The van der Waals surface area contributed by atoms with Crippen molar-refractivity contribution >= 4 is 0 Å². The van der Waals surface area contributed by atoms with E-state index in [-0.39, 0.29) is 0 Å². The van der Waals surface area contributed by atoms with Gasteiger partial charge in [-0.1, -0.05) is 29.9 Å². The zero-order valence-corrected chi connectivity index (χ0v) is 17.5. The van der Waals surface area contributed by atoms with Crippen molar-refractivity contribution in [1.29, 1.82) is 0 Å². The maximum absolute atomic E-state index is 6.38. The highest BCUT2D eigenvalue weighted by atomic mass is 16.5. The van der Waals surface area contributed by atoms with Crippen LogP contribution < -0.4 is 9.47 Å². The SMILES string of the molecule is COc1ccc(C(Cc2ccncc2)C2C=C(C)C=CC2)cc1OC1CCCC1. The van der Waals surface area contributed by atoms with E-state index < -0.39 is 0 Å². The van der Waals surface area contributed by atoms with Gasteiger partial charge in [-0.05, 0) is 92.7 Å². The third kappa shape index (κ3) is 4.90. The number of rotatable bonds is 7. The third-order valence-corrected chi connectivity index (χ3v) is 6.20. The van der Waals surface area contributed by atoms with Gasteiger partial charge in [-0.15, -0.1) is 0 Å². The van der Waals surface area contributed by atoms with E-state index in [9.17, 15) is 0 Å². The van der Waals surface area contributed by atoms with Crippen LogP contribution in [0.4, 0.5) is 0 Å². The van der Waals surface area contributed by atoms with Crippen LogP contribution in [0.25, 0.3) is 0 Å². The predicted molar refractivity (Wildman–Crippen MR) is 118 cm³/mol. The number of hydrogen-bond donors (Lipinski definition) is 0. The van der Waals surface area contributed by atoms with Crippen LogP contribution in [0.5, 0.6) is 11.5 Å². The molecule has 3 nitrogen and oxygen atoms in total. The lowest BCUT2D eigenvalue weighted by atomic mass is 9.77. The summed E-state index contributed by atoms with van der Waals surface area (Å²) in [6.45, 7) is 2.19. The molecule has 3 heteroatoms. The van der Waals surface area contributed by atoms with Crippen molar-refractivity contribution in [3.63, 3.8) is 0 Å². The standard InChI is InChI=1S/C26H31NO2/c1-19-6-5-7-21(16-19)24(17-20-12-14-27-15-13-20)22-10-11-25(28-2)26(18-22)29-23-8-3-4-9-23/h5-6,10-16,18,21,23-24H,3-4,7-9,17H2,1-2H3. The molecule has 152 valence electrons. The van der Waals surface area contributed by atoms with Gasteiger partial charge in [0.1, 0.15) is 0 Å². The first kappa shape index (κ1) is 19.8. The number of ether oxygens (including phenoxy) is 2. The first-order chi connectivity index (χ1) is 14.2. The molecule has 0 bridgehead atoms. The van der Waals surface area contributed by atoms with Gasteiger partial charge in [-0.3, -0.25) is 4.98 Å². The monoisotopic (exact) mass is 389 g/mol. The fourth-order valence-electron chi connectivity index (χ4n) is 4.64. The second kappa shape index (κ2) is 9.30. The summed E-state index contributed by atoms with van der Waals surface area (Å²) >= 11 is 0. The molecule has 1 fully saturated rings. The van der Waals surface area contributed by atoms with Crippen molar-refractivity contribution in [3.05, 3.63) is 77.7 Å². The average molecular weight is 390 g/mol. The highest BCUT2D eigenvalue weighted by Crippen LogP contribution is 2.39. The Morgan fingerprint density at radius 2 is 1.86 bits per heavy atom. The molecule has 0 radical (unpaired) electrons. The molecule has 29 heavy (non-hydrogen) atoms. The molecule has 0 N–H and O–H groups in total. The lowest BCUT2D eigenvalue weighted by molar-refractivity contribution is 0.200. The number of hydrogen-bond acceptors (Lipinski definition) is 3. The van der Waals surface area contributed by atoms with Gasteiger partial charge in [0.05, 0.1) is 13.2 Å². The number of pyridine rings is 1. The Morgan fingerprint density at radius 3 is 2.59 bits per heavy atom. The molecule has 0 saturated heterocycles. The minimum absolute atomic E-state index is 0.317. The summed E-state index contributed by atoms with van der Waals surface area (Å²) in [5, 5.41) is 0. The molecule has 2 aromatic rings. The highest BCUT2D eigenvalue weighted by molar-refractivity contribution is 5.45. The Balaban J connectivity index is 1.66. The molecule has 1 heterocycles. The fourth-order valence-corrected chi connectivity index (χ4v) is 4.64. The molecule has 2 aliphatic carbocycles. The van der Waals surface area contributed by atoms with Gasteiger partial charge < -0.3 is 9.47 Å². The second-order valence-corrected chi connectivity index (χ2v) is 8.31. The van der Waals surface area contributed by atoms with E-state index in [0.29, 0.717) is 17.9 Å². The van der Waals surface area contributed by atoms with Crippen LogP contribution in [0.15, 0.2) is 66.5 Å². The van der Waals surface area contributed by atoms with E-state index in [1.165, 1.54) is 29.5 Å². The van der Waals surface area contributed by atoms with E-state index in [4.69, 9.17) is 9.47 Å². The van der Waals surface area contributed by atoms with E-state index >= 15 is 0 Å². The number of benzene rings is 1. The minimum atomic E-state index is 0.317. The Morgan fingerprint density at radius 1 is 1.07 bits per heavy atom. The first-order valence-electron chi connectivity index (χ1n) is 10.8. The Bertz CT molecular complexity index is 866. The molecule has 2 atom stereocenters. The van der Waals surface area contributed by atoms with E-state index in [1.54, 1.807) is 7.11 Å². The third-order valence-electron chi connectivity index (χ3n) is 6.20. The molecule has 0 amide bonds. The first-order valence-corrected chi connectivity index (χ1v) is 10.8. The van der Waals surface area contributed by atoms with E-state index in [1.807, 2.05) is 12.4 Å². The van der Waals surface area contributed by atoms with Crippen LogP contribution in [-0.2, 0) is 6.42 Å². The lowest BCUT2D eigenvalue weighted by Crippen LogP contribution is -2.16. The predicted octanol–water partition coefficient (Wildman–Crippen LogP) is 6.26. The summed E-state index contributed by atoms with van der Waals surface area (Å²) in [5.74, 6) is 2.58. The summed E-state index contributed by atoms with van der Waals surface area (Å²) < 4.78 is 12.0. The number of allylic oxidation sites excluding steroid dienone is 4. The van der Waals surface area contributed by atoms with Crippen LogP contribution in [-0.4, -0.2) is 18.2 Å². The van der Waals surface area contributed by atoms with Crippen LogP contribution in [0.1, 0.15) is 56.1 Å². The summed E-state index contributed by atoms with van der Waals surface area (Å²) in [6, 6.07) is 10.8. The van der Waals surface area contributed by atoms with E-state index in [0.717, 1.165) is 37.2 Å².